The Kier molecular flexibility index (Phi) is 8.29. The number of hydrogen-bond donors (Lipinski definition) is 3. The van der Waals surface area contributed by atoms with Gasteiger partial charge in [-0.3, -0.25) is 9.69 Å². The quantitative estimate of drug-likeness (QED) is 0.426. The first-order chi connectivity index (χ1) is 15.1. The van der Waals surface area contributed by atoms with Gasteiger partial charge in [0.1, 0.15) is 5.75 Å². The van der Waals surface area contributed by atoms with Gasteiger partial charge in [0, 0.05) is 18.7 Å². The number of hydrogen-bond acceptors (Lipinski definition) is 4. The molecule has 166 valence electrons. The van der Waals surface area contributed by atoms with Gasteiger partial charge in [0.15, 0.2) is 5.96 Å². The molecule has 1 amide bonds. The molecule has 1 heterocycles. The van der Waals surface area contributed by atoms with Gasteiger partial charge in [0.25, 0.3) is 0 Å². The molecule has 1 fully saturated rings. The Bertz CT molecular complexity index is 876. The zero-order chi connectivity index (χ0) is 22.1. The van der Waals surface area contributed by atoms with Crippen molar-refractivity contribution in [1.82, 2.24) is 15.5 Å². The van der Waals surface area contributed by atoms with Crippen LogP contribution in [0.2, 0.25) is 0 Å². The van der Waals surface area contributed by atoms with E-state index in [2.05, 4.69) is 27.7 Å². The lowest BCUT2D eigenvalue weighted by atomic mass is 10.1. The van der Waals surface area contributed by atoms with E-state index in [9.17, 15) is 4.79 Å². The van der Waals surface area contributed by atoms with E-state index in [1.54, 1.807) is 19.2 Å². The number of carbonyl (C=O) groups is 1. The lowest BCUT2D eigenvalue weighted by molar-refractivity contribution is 0.1000. The second-order valence-electron chi connectivity index (χ2n) is 7.67. The molecular formula is C24H33N5O2. The Balaban J connectivity index is 1.71. The van der Waals surface area contributed by atoms with Gasteiger partial charge in [-0.25, -0.2) is 4.99 Å². The predicted molar refractivity (Wildman–Crippen MR) is 124 cm³/mol. The van der Waals surface area contributed by atoms with E-state index in [1.165, 1.54) is 18.4 Å². The summed E-state index contributed by atoms with van der Waals surface area (Å²) in [5.74, 6) is 1.19. The summed E-state index contributed by atoms with van der Waals surface area (Å²) in [6.45, 7) is 6.24. The van der Waals surface area contributed by atoms with Crippen molar-refractivity contribution in [2.45, 2.75) is 32.4 Å². The summed E-state index contributed by atoms with van der Waals surface area (Å²) >= 11 is 0. The van der Waals surface area contributed by atoms with E-state index in [0.717, 1.165) is 43.5 Å². The first-order valence-electron chi connectivity index (χ1n) is 10.9. The van der Waals surface area contributed by atoms with Gasteiger partial charge in [0.05, 0.1) is 19.7 Å². The second kappa shape index (κ2) is 11.4. The van der Waals surface area contributed by atoms with Gasteiger partial charge < -0.3 is 21.1 Å². The first-order valence-corrected chi connectivity index (χ1v) is 10.9. The van der Waals surface area contributed by atoms with Crippen molar-refractivity contribution < 1.29 is 9.53 Å². The number of ether oxygens (including phenoxy) is 1. The topological polar surface area (TPSA) is 92.0 Å². The van der Waals surface area contributed by atoms with Crippen molar-refractivity contribution in [2.24, 2.45) is 10.7 Å². The third-order valence-electron chi connectivity index (χ3n) is 5.52. The fourth-order valence-electron chi connectivity index (χ4n) is 3.87. The number of rotatable bonds is 9. The molecule has 0 aliphatic carbocycles. The summed E-state index contributed by atoms with van der Waals surface area (Å²) in [5.41, 5.74) is 8.10. The minimum absolute atomic E-state index is 0.260. The number of methoxy groups -OCH3 is 1. The second-order valence-corrected chi connectivity index (χ2v) is 7.67. The molecular weight excluding hydrogens is 390 g/mol. The molecule has 2 aromatic rings. The Hall–Kier alpha value is -3.06. The Morgan fingerprint density at radius 2 is 1.90 bits per heavy atom. The number of likely N-dealkylation sites (tertiary alicyclic amines) is 1. The number of carbonyl (C=O) groups excluding carboxylic acids is 1. The Morgan fingerprint density at radius 3 is 2.55 bits per heavy atom. The van der Waals surface area contributed by atoms with Crippen LogP contribution in [0.15, 0.2) is 53.5 Å². The highest BCUT2D eigenvalue weighted by Crippen LogP contribution is 2.26. The fourth-order valence-corrected chi connectivity index (χ4v) is 3.87. The molecule has 2 aromatic carbocycles. The lowest BCUT2D eigenvalue weighted by Gasteiger charge is -2.29. The molecule has 1 atom stereocenters. The Labute approximate surface area is 184 Å². The molecule has 0 aromatic heterocycles. The molecule has 1 unspecified atom stereocenters. The SMILES string of the molecule is CCNC(=NCc1cccc(C(N)=O)c1)NCC(c1ccc(OC)cc1)N1CCCC1. The zero-order valence-electron chi connectivity index (χ0n) is 18.4. The number of guanidine groups is 1. The van der Waals surface area contributed by atoms with E-state index in [4.69, 9.17) is 15.5 Å². The summed E-state index contributed by atoms with van der Waals surface area (Å²) < 4.78 is 5.31. The molecule has 1 aliphatic heterocycles. The van der Waals surface area contributed by atoms with Crippen LogP contribution in [-0.4, -0.2) is 50.1 Å². The molecule has 31 heavy (non-hydrogen) atoms. The van der Waals surface area contributed by atoms with E-state index in [0.29, 0.717) is 12.1 Å². The highest BCUT2D eigenvalue weighted by molar-refractivity contribution is 5.92. The van der Waals surface area contributed by atoms with Crippen molar-refractivity contribution in [3.8, 4) is 5.75 Å². The zero-order valence-corrected chi connectivity index (χ0v) is 18.4. The van der Waals surface area contributed by atoms with Crippen LogP contribution < -0.4 is 21.1 Å². The summed E-state index contributed by atoms with van der Waals surface area (Å²) in [4.78, 5) is 18.7. The summed E-state index contributed by atoms with van der Waals surface area (Å²) in [5, 5.41) is 6.82. The number of nitrogens with one attached hydrogen (secondary N) is 2. The number of amides is 1. The van der Waals surface area contributed by atoms with Gasteiger partial charge >= 0.3 is 0 Å². The molecule has 7 heteroatoms. The van der Waals surface area contributed by atoms with Crippen molar-refractivity contribution in [2.75, 3.05) is 33.3 Å². The van der Waals surface area contributed by atoms with Crippen LogP contribution >= 0.6 is 0 Å². The molecule has 7 nitrogen and oxygen atoms in total. The van der Waals surface area contributed by atoms with Gasteiger partial charge in [-0.1, -0.05) is 24.3 Å². The predicted octanol–water partition coefficient (Wildman–Crippen LogP) is 2.69. The number of primary amides is 1. The van der Waals surface area contributed by atoms with Gasteiger partial charge in [-0.2, -0.15) is 0 Å². The van der Waals surface area contributed by atoms with Crippen molar-refractivity contribution in [3.63, 3.8) is 0 Å². The number of nitrogens with two attached hydrogens (primary N) is 1. The lowest BCUT2D eigenvalue weighted by Crippen LogP contribution is -2.42. The van der Waals surface area contributed by atoms with Crippen LogP contribution in [0.4, 0.5) is 0 Å². The summed E-state index contributed by atoms with van der Waals surface area (Å²) in [6.07, 6.45) is 2.47. The van der Waals surface area contributed by atoms with E-state index < -0.39 is 5.91 Å². The highest BCUT2D eigenvalue weighted by atomic mass is 16.5. The van der Waals surface area contributed by atoms with Crippen LogP contribution in [0, 0.1) is 0 Å². The smallest absolute Gasteiger partial charge is 0.248 e. The summed E-state index contributed by atoms with van der Waals surface area (Å²) in [7, 11) is 1.69. The molecule has 0 radical (unpaired) electrons. The maximum atomic E-state index is 11.4. The molecule has 0 saturated carbocycles. The average molecular weight is 424 g/mol. The van der Waals surface area contributed by atoms with Crippen LogP contribution in [0.25, 0.3) is 0 Å². The largest absolute Gasteiger partial charge is 0.497 e. The van der Waals surface area contributed by atoms with Crippen molar-refractivity contribution in [3.05, 3.63) is 65.2 Å². The van der Waals surface area contributed by atoms with Crippen molar-refractivity contribution in [1.29, 1.82) is 0 Å². The van der Waals surface area contributed by atoms with Crippen LogP contribution in [0.5, 0.6) is 5.75 Å². The standard InChI is InChI=1S/C24H33N5O2/c1-3-26-24(27-16-18-7-6-8-20(15-18)23(25)30)28-17-22(29-13-4-5-14-29)19-9-11-21(31-2)12-10-19/h6-12,15,22H,3-5,13-14,16-17H2,1-2H3,(H2,25,30)(H2,26,27,28). The maximum absolute atomic E-state index is 11.4. The van der Waals surface area contributed by atoms with Gasteiger partial charge in [0.2, 0.25) is 5.91 Å². The third-order valence-corrected chi connectivity index (χ3v) is 5.52. The fraction of sp³-hybridized carbons (Fsp3) is 0.417. The number of nitrogens with zero attached hydrogens (tertiary/aromatic N) is 2. The van der Waals surface area contributed by atoms with Gasteiger partial charge in [-0.05, 0) is 68.2 Å². The van der Waals surface area contributed by atoms with E-state index in [-0.39, 0.29) is 6.04 Å². The van der Waals surface area contributed by atoms with Crippen LogP contribution in [-0.2, 0) is 6.54 Å². The Morgan fingerprint density at radius 1 is 1.16 bits per heavy atom. The number of benzene rings is 2. The average Bonchev–Trinajstić information content (AvgIpc) is 3.32. The van der Waals surface area contributed by atoms with E-state index in [1.807, 2.05) is 31.2 Å². The molecule has 3 rings (SSSR count). The van der Waals surface area contributed by atoms with Crippen LogP contribution in [0.1, 0.15) is 47.3 Å². The molecule has 0 spiro atoms. The van der Waals surface area contributed by atoms with E-state index >= 15 is 0 Å². The molecule has 1 aliphatic rings. The normalized spacial score (nSPS) is 15.5. The van der Waals surface area contributed by atoms with Gasteiger partial charge in [-0.15, -0.1) is 0 Å². The summed E-state index contributed by atoms with van der Waals surface area (Å²) in [6, 6.07) is 15.9. The number of aliphatic imine (C=N–C) groups is 1. The molecule has 4 N–H and O–H groups in total. The third kappa shape index (κ3) is 6.46. The maximum Gasteiger partial charge on any atom is 0.248 e. The minimum atomic E-state index is -0.427. The molecule has 0 bridgehead atoms. The molecule has 1 saturated heterocycles. The van der Waals surface area contributed by atoms with Crippen LogP contribution in [0.3, 0.4) is 0 Å². The highest BCUT2D eigenvalue weighted by Gasteiger charge is 2.23. The monoisotopic (exact) mass is 423 g/mol. The van der Waals surface area contributed by atoms with Crippen molar-refractivity contribution >= 4 is 11.9 Å². The first kappa shape index (κ1) is 22.6. The minimum Gasteiger partial charge on any atom is -0.497 e.